The van der Waals surface area contributed by atoms with Gasteiger partial charge in [-0.3, -0.25) is 4.31 Å². The monoisotopic (exact) mass is 388 g/mol. The first kappa shape index (κ1) is 18.6. The summed E-state index contributed by atoms with van der Waals surface area (Å²) in [6.07, 6.45) is 3.55. The summed E-state index contributed by atoms with van der Waals surface area (Å²) in [4.78, 5) is 14.3. The molecule has 0 radical (unpaired) electrons. The third-order valence-corrected chi connectivity index (χ3v) is 4.56. The highest BCUT2D eigenvalue weighted by Gasteiger charge is 2.12. The van der Waals surface area contributed by atoms with Crippen LogP contribution in [0.4, 0.5) is 10.9 Å². The van der Waals surface area contributed by atoms with Gasteiger partial charge in [0.25, 0.3) is 0 Å². The van der Waals surface area contributed by atoms with Gasteiger partial charge >= 0.3 is 0 Å². The topological polar surface area (TPSA) is 76.1 Å². The normalized spacial score (nSPS) is 11.2. The largest absolute Gasteiger partial charge is 0.489 e. The van der Waals surface area contributed by atoms with E-state index >= 15 is 0 Å². The van der Waals surface area contributed by atoms with E-state index in [0.717, 1.165) is 16.5 Å². The van der Waals surface area contributed by atoms with Gasteiger partial charge in [0.1, 0.15) is 17.3 Å². The number of rotatable bonds is 7. The molecule has 0 spiro atoms. The van der Waals surface area contributed by atoms with E-state index in [1.54, 1.807) is 24.3 Å². The lowest BCUT2D eigenvalue weighted by atomic mass is 10.3. The van der Waals surface area contributed by atoms with E-state index < -0.39 is 0 Å². The Kier molecular flexibility index (Phi) is 6.02. The van der Waals surface area contributed by atoms with Crippen molar-refractivity contribution in [2.24, 2.45) is 0 Å². The van der Waals surface area contributed by atoms with Gasteiger partial charge in [-0.15, -0.1) is 0 Å². The maximum atomic E-state index is 5.61. The van der Waals surface area contributed by atoms with E-state index in [1.807, 2.05) is 56.5 Å². The van der Waals surface area contributed by atoms with E-state index in [1.165, 1.54) is 11.5 Å². The van der Waals surface area contributed by atoms with Crippen molar-refractivity contribution >= 4 is 34.4 Å². The Hall–Kier alpha value is -2.23. The summed E-state index contributed by atoms with van der Waals surface area (Å²) < 4.78 is 12.0. The molecule has 26 heavy (non-hydrogen) atoms. The molecule has 3 aromatic rings. The number of pyridine rings is 2. The number of nitrogens with one attached hydrogen (secondary N) is 1. The van der Waals surface area contributed by atoms with E-state index in [-0.39, 0.29) is 6.10 Å². The smallest absolute Gasteiger partial charge is 0.208 e. The number of aromatic nitrogens is 4. The minimum atomic E-state index is 0.114. The number of hydrogen-bond acceptors (Lipinski definition) is 9. The molecule has 0 aliphatic heterocycles. The Morgan fingerprint density at radius 2 is 2.04 bits per heavy atom. The second kappa shape index (κ2) is 8.43. The fraction of sp³-hybridized carbons (Fsp3) is 0.294. The summed E-state index contributed by atoms with van der Waals surface area (Å²) in [7, 11) is 3.98. The average molecular weight is 389 g/mol. The van der Waals surface area contributed by atoms with Crippen molar-refractivity contribution in [1.29, 1.82) is 0 Å². The van der Waals surface area contributed by atoms with Crippen LogP contribution in [0.1, 0.15) is 13.8 Å². The molecule has 0 unspecified atom stereocenters. The lowest BCUT2D eigenvalue weighted by Gasteiger charge is -2.11. The molecular formula is C17H20N6OS2. The van der Waals surface area contributed by atoms with Crippen molar-refractivity contribution in [2.75, 3.05) is 19.4 Å². The molecule has 0 aliphatic rings. The molecule has 0 fully saturated rings. The van der Waals surface area contributed by atoms with Gasteiger partial charge in [-0.05, 0) is 64.2 Å². The molecule has 0 saturated heterocycles. The molecule has 0 aliphatic carbocycles. The van der Waals surface area contributed by atoms with E-state index in [4.69, 9.17) is 4.74 Å². The van der Waals surface area contributed by atoms with Crippen LogP contribution in [0.5, 0.6) is 5.75 Å². The van der Waals surface area contributed by atoms with E-state index in [0.29, 0.717) is 16.6 Å². The lowest BCUT2D eigenvalue weighted by Crippen LogP contribution is -2.05. The minimum absolute atomic E-state index is 0.114. The predicted octanol–water partition coefficient (Wildman–Crippen LogP) is 4.09. The molecule has 7 nitrogen and oxygen atoms in total. The van der Waals surface area contributed by atoms with E-state index in [9.17, 15) is 0 Å². The molecule has 0 bridgehead atoms. The molecule has 0 atom stereocenters. The van der Waals surface area contributed by atoms with Crippen LogP contribution in [0, 0.1) is 0 Å². The van der Waals surface area contributed by atoms with Gasteiger partial charge in [-0.2, -0.15) is 9.36 Å². The van der Waals surface area contributed by atoms with Gasteiger partial charge in [-0.25, -0.2) is 9.97 Å². The van der Waals surface area contributed by atoms with Crippen LogP contribution in [0.25, 0.3) is 11.5 Å². The molecule has 3 rings (SSSR count). The summed E-state index contributed by atoms with van der Waals surface area (Å²) in [5.41, 5.74) is 0.703. The van der Waals surface area contributed by atoms with Crippen LogP contribution in [0.2, 0.25) is 0 Å². The highest BCUT2D eigenvalue weighted by atomic mass is 32.2. The summed E-state index contributed by atoms with van der Waals surface area (Å²) in [6.45, 7) is 3.96. The van der Waals surface area contributed by atoms with Gasteiger partial charge in [-0.1, -0.05) is 0 Å². The standard InChI is InChI=1S/C17H20N6OS2/c1-11(2)24-12-7-8-13(19-10-12)15-20-17(25-22-15)21-16-14(26-23(3)4)6-5-9-18-16/h5-11H,1-4H3,(H,18,20,21,22). The van der Waals surface area contributed by atoms with Crippen LogP contribution >= 0.6 is 23.5 Å². The first-order valence-electron chi connectivity index (χ1n) is 8.05. The number of ether oxygens (including phenoxy) is 1. The zero-order chi connectivity index (χ0) is 18.5. The van der Waals surface area contributed by atoms with Crippen LogP contribution < -0.4 is 10.1 Å². The number of nitrogens with zero attached hydrogens (tertiary/aromatic N) is 5. The van der Waals surface area contributed by atoms with Crippen molar-refractivity contribution in [2.45, 2.75) is 24.8 Å². The Bertz CT molecular complexity index is 850. The fourth-order valence-electron chi connectivity index (χ4n) is 2.09. The second-order valence-corrected chi connectivity index (χ2v) is 7.95. The molecule has 3 aromatic heterocycles. The fourth-order valence-corrected chi connectivity index (χ4v) is 3.39. The third kappa shape index (κ3) is 4.90. The average Bonchev–Trinajstić information content (AvgIpc) is 3.05. The molecule has 3 heterocycles. The second-order valence-electron chi connectivity index (χ2n) is 5.85. The van der Waals surface area contributed by atoms with Crippen molar-refractivity contribution in [3.63, 3.8) is 0 Å². The molecule has 136 valence electrons. The molecule has 1 N–H and O–H groups in total. The van der Waals surface area contributed by atoms with Crippen molar-refractivity contribution < 1.29 is 4.74 Å². The zero-order valence-corrected chi connectivity index (χ0v) is 16.6. The third-order valence-electron chi connectivity index (χ3n) is 3.04. The summed E-state index contributed by atoms with van der Waals surface area (Å²) in [5.74, 6) is 2.06. The SMILES string of the molecule is CC(C)Oc1ccc(-c2nsc(Nc3ncccc3SN(C)C)n2)nc1. The van der Waals surface area contributed by atoms with Gasteiger partial charge in [0.05, 0.1) is 17.2 Å². The summed E-state index contributed by atoms with van der Waals surface area (Å²) in [6, 6.07) is 7.66. The first-order chi connectivity index (χ1) is 12.5. The number of anilines is 2. The summed E-state index contributed by atoms with van der Waals surface area (Å²) >= 11 is 2.87. The molecule has 9 heteroatoms. The quantitative estimate of drug-likeness (QED) is 0.607. The Balaban J connectivity index is 1.74. The van der Waals surface area contributed by atoms with E-state index in [2.05, 4.69) is 24.6 Å². The van der Waals surface area contributed by atoms with Crippen LogP contribution in [-0.2, 0) is 0 Å². The Morgan fingerprint density at radius 1 is 1.19 bits per heavy atom. The van der Waals surface area contributed by atoms with Crippen molar-refractivity contribution in [3.05, 3.63) is 36.7 Å². The van der Waals surface area contributed by atoms with Gasteiger partial charge in [0.15, 0.2) is 5.82 Å². The van der Waals surface area contributed by atoms with Gasteiger partial charge in [0, 0.05) is 17.7 Å². The maximum absolute atomic E-state index is 5.61. The van der Waals surface area contributed by atoms with Crippen molar-refractivity contribution in [3.8, 4) is 17.3 Å². The number of hydrogen-bond donors (Lipinski definition) is 1. The highest BCUT2D eigenvalue weighted by molar-refractivity contribution is 7.97. The molecule has 0 amide bonds. The maximum Gasteiger partial charge on any atom is 0.208 e. The zero-order valence-electron chi connectivity index (χ0n) is 15.0. The Labute approximate surface area is 161 Å². The molecule has 0 saturated carbocycles. The first-order valence-corrected chi connectivity index (χ1v) is 9.60. The Morgan fingerprint density at radius 3 is 2.73 bits per heavy atom. The highest BCUT2D eigenvalue weighted by Crippen LogP contribution is 2.30. The lowest BCUT2D eigenvalue weighted by molar-refractivity contribution is 0.241. The predicted molar refractivity (Wildman–Crippen MR) is 106 cm³/mol. The van der Waals surface area contributed by atoms with Crippen LogP contribution in [-0.4, -0.2) is 43.8 Å². The van der Waals surface area contributed by atoms with Gasteiger partial charge < -0.3 is 10.1 Å². The minimum Gasteiger partial charge on any atom is -0.489 e. The molecule has 0 aromatic carbocycles. The molecular weight excluding hydrogens is 368 g/mol. The van der Waals surface area contributed by atoms with Crippen molar-refractivity contribution in [1.82, 2.24) is 23.6 Å². The van der Waals surface area contributed by atoms with Crippen LogP contribution in [0.15, 0.2) is 41.6 Å². The van der Waals surface area contributed by atoms with Crippen LogP contribution in [0.3, 0.4) is 0 Å². The summed E-state index contributed by atoms with van der Waals surface area (Å²) in [5, 5.41) is 3.91. The van der Waals surface area contributed by atoms with Gasteiger partial charge in [0.2, 0.25) is 5.13 Å².